The van der Waals surface area contributed by atoms with Crippen molar-refractivity contribution in [2.24, 2.45) is 10.4 Å². The lowest BCUT2D eigenvalue weighted by Crippen LogP contribution is -2.45. The van der Waals surface area contributed by atoms with Crippen LogP contribution in [0.5, 0.6) is 11.5 Å². The van der Waals surface area contributed by atoms with Gasteiger partial charge in [-0.3, -0.25) is 4.99 Å². The van der Waals surface area contributed by atoms with Crippen LogP contribution in [-0.4, -0.2) is 53.5 Å². The normalized spacial score (nSPS) is 12.8. The van der Waals surface area contributed by atoms with Gasteiger partial charge in [0, 0.05) is 27.2 Å². The van der Waals surface area contributed by atoms with Crippen LogP contribution in [0.2, 0.25) is 0 Å². The van der Waals surface area contributed by atoms with Crippen molar-refractivity contribution in [1.82, 2.24) is 10.6 Å². The molecule has 0 aromatic heterocycles. The van der Waals surface area contributed by atoms with Crippen LogP contribution in [0.15, 0.2) is 23.2 Å². The first-order chi connectivity index (χ1) is 12.3. The van der Waals surface area contributed by atoms with Gasteiger partial charge in [0.25, 0.3) is 0 Å². The molecule has 0 aliphatic rings. The Labute approximate surface area is 181 Å². The number of ether oxygens (including phenoxy) is 3. The number of methoxy groups -OCH3 is 3. The number of nitrogens with one attached hydrogen (secondary N) is 2. The van der Waals surface area contributed by atoms with Crippen LogP contribution in [0.3, 0.4) is 0 Å². The smallest absolute Gasteiger partial charge is 0.191 e. The first-order valence-corrected chi connectivity index (χ1v) is 9.04. The van der Waals surface area contributed by atoms with E-state index in [-0.39, 0.29) is 35.5 Å². The third-order valence-electron chi connectivity index (χ3n) is 4.31. The summed E-state index contributed by atoms with van der Waals surface area (Å²) in [5.74, 6) is 2.32. The lowest BCUT2D eigenvalue weighted by atomic mass is 9.89. The molecule has 1 aromatic rings. The summed E-state index contributed by atoms with van der Waals surface area (Å²) in [5.41, 5.74) is 1.30. The monoisotopic (exact) mass is 493 g/mol. The van der Waals surface area contributed by atoms with Crippen molar-refractivity contribution in [3.8, 4) is 11.5 Å². The van der Waals surface area contributed by atoms with Crippen molar-refractivity contribution < 1.29 is 14.2 Å². The molecule has 0 amide bonds. The van der Waals surface area contributed by atoms with E-state index in [1.165, 1.54) is 5.56 Å². The van der Waals surface area contributed by atoms with Gasteiger partial charge in [-0.05, 0) is 36.0 Å². The fourth-order valence-corrected chi connectivity index (χ4v) is 2.69. The van der Waals surface area contributed by atoms with E-state index >= 15 is 0 Å². The highest BCUT2D eigenvalue weighted by Crippen LogP contribution is 2.27. The van der Waals surface area contributed by atoms with Crippen LogP contribution < -0.4 is 20.1 Å². The quantitative estimate of drug-likeness (QED) is 0.239. The average molecular weight is 493 g/mol. The maximum Gasteiger partial charge on any atom is 0.191 e. The summed E-state index contributed by atoms with van der Waals surface area (Å²) in [6, 6.07) is 6.04. The highest BCUT2D eigenvalue weighted by atomic mass is 127. The van der Waals surface area contributed by atoms with Gasteiger partial charge in [0.1, 0.15) is 0 Å². The molecule has 1 rings (SSSR count). The van der Waals surface area contributed by atoms with E-state index in [4.69, 9.17) is 14.2 Å². The van der Waals surface area contributed by atoms with Crippen LogP contribution in [-0.2, 0) is 11.2 Å². The zero-order valence-electron chi connectivity index (χ0n) is 17.7. The first-order valence-electron chi connectivity index (χ1n) is 9.04. The summed E-state index contributed by atoms with van der Waals surface area (Å²) in [5, 5.41) is 6.69. The largest absolute Gasteiger partial charge is 0.493 e. The average Bonchev–Trinajstić information content (AvgIpc) is 2.62. The third kappa shape index (κ3) is 9.01. The predicted molar refractivity (Wildman–Crippen MR) is 123 cm³/mol. The molecule has 2 N–H and O–H groups in total. The predicted octanol–water partition coefficient (Wildman–Crippen LogP) is 3.48. The van der Waals surface area contributed by atoms with Gasteiger partial charge < -0.3 is 24.8 Å². The number of aliphatic imine (C=N–C) groups is 1. The summed E-state index contributed by atoms with van der Waals surface area (Å²) < 4.78 is 16.2. The van der Waals surface area contributed by atoms with Gasteiger partial charge in [-0.25, -0.2) is 0 Å². The molecule has 7 heteroatoms. The zero-order valence-corrected chi connectivity index (χ0v) is 20.0. The van der Waals surface area contributed by atoms with Gasteiger partial charge in [0.2, 0.25) is 0 Å². The molecule has 0 aliphatic heterocycles. The van der Waals surface area contributed by atoms with Gasteiger partial charge in [-0.15, -0.1) is 24.0 Å². The van der Waals surface area contributed by atoms with Gasteiger partial charge in [-0.1, -0.05) is 26.8 Å². The minimum atomic E-state index is 0. The number of hydrogen-bond acceptors (Lipinski definition) is 4. The lowest BCUT2D eigenvalue weighted by molar-refractivity contribution is 0.0205. The van der Waals surface area contributed by atoms with E-state index in [1.54, 1.807) is 28.4 Å². The number of guanidine groups is 1. The molecule has 1 atom stereocenters. The number of hydrogen-bond donors (Lipinski definition) is 2. The molecule has 0 aliphatic carbocycles. The maximum atomic E-state index is 5.57. The van der Waals surface area contributed by atoms with Crippen molar-refractivity contribution in [1.29, 1.82) is 0 Å². The standard InChI is InChI=1S/C20H35N3O3.HI/c1-20(2,3)18(26-7)14-23-19(21-4)22-12-8-9-15-10-11-16(24-5)17(13-15)25-6;/h10-11,13,18H,8-9,12,14H2,1-7H3,(H2,21,22,23);1H. The number of aryl methyl sites for hydroxylation is 1. The minimum absolute atomic E-state index is 0. The summed E-state index contributed by atoms with van der Waals surface area (Å²) in [6.07, 6.45) is 2.06. The molecule has 6 nitrogen and oxygen atoms in total. The Morgan fingerprint density at radius 2 is 1.74 bits per heavy atom. The molecular weight excluding hydrogens is 457 g/mol. The summed E-state index contributed by atoms with van der Waals surface area (Å²) >= 11 is 0. The van der Waals surface area contributed by atoms with Gasteiger partial charge in [0.05, 0.1) is 20.3 Å². The molecule has 0 saturated carbocycles. The van der Waals surface area contributed by atoms with Gasteiger partial charge in [-0.2, -0.15) is 0 Å². The van der Waals surface area contributed by atoms with Crippen molar-refractivity contribution in [2.75, 3.05) is 41.5 Å². The van der Waals surface area contributed by atoms with Crippen LogP contribution in [0, 0.1) is 5.41 Å². The van der Waals surface area contributed by atoms with E-state index in [1.807, 2.05) is 12.1 Å². The Kier molecular flexibility index (Phi) is 12.5. The Hall–Kier alpha value is -1.22. The highest BCUT2D eigenvalue weighted by Gasteiger charge is 2.24. The second-order valence-corrected chi connectivity index (χ2v) is 7.26. The van der Waals surface area contributed by atoms with E-state index < -0.39 is 0 Å². The molecule has 0 fully saturated rings. The summed E-state index contributed by atoms with van der Waals surface area (Å²) in [4.78, 5) is 4.27. The van der Waals surface area contributed by atoms with E-state index in [0.29, 0.717) is 0 Å². The SMILES string of the molecule is CN=C(NCCCc1ccc(OC)c(OC)c1)NCC(OC)C(C)(C)C.I. The first kappa shape index (κ1) is 25.8. The summed E-state index contributed by atoms with van der Waals surface area (Å²) in [7, 11) is 6.83. The van der Waals surface area contributed by atoms with E-state index in [9.17, 15) is 0 Å². The highest BCUT2D eigenvalue weighted by molar-refractivity contribution is 14.0. The van der Waals surface area contributed by atoms with E-state index in [0.717, 1.165) is 43.4 Å². The Bertz CT molecular complexity index is 574. The van der Waals surface area contributed by atoms with Crippen molar-refractivity contribution >= 4 is 29.9 Å². The lowest BCUT2D eigenvalue weighted by Gasteiger charge is -2.30. The number of benzene rings is 1. The van der Waals surface area contributed by atoms with E-state index in [2.05, 4.69) is 42.5 Å². The Morgan fingerprint density at radius 1 is 1.07 bits per heavy atom. The molecule has 1 aromatic carbocycles. The van der Waals surface area contributed by atoms with Gasteiger partial charge in [0.15, 0.2) is 17.5 Å². The second-order valence-electron chi connectivity index (χ2n) is 7.26. The van der Waals surface area contributed by atoms with Gasteiger partial charge >= 0.3 is 0 Å². The molecule has 0 bridgehead atoms. The van der Waals surface area contributed by atoms with Crippen LogP contribution >= 0.6 is 24.0 Å². The Balaban J connectivity index is 0.00000676. The summed E-state index contributed by atoms with van der Waals surface area (Å²) in [6.45, 7) is 8.06. The minimum Gasteiger partial charge on any atom is -0.493 e. The zero-order chi connectivity index (χ0) is 19.6. The fourth-order valence-electron chi connectivity index (χ4n) is 2.69. The van der Waals surface area contributed by atoms with Crippen molar-refractivity contribution in [2.45, 2.75) is 39.7 Å². The molecule has 0 radical (unpaired) electrons. The van der Waals surface area contributed by atoms with Crippen LogP contribution in [0.25, 0.3) is 0 Å². The topological polar surface area (TPSA) is 64.1 Å². The molecule has 156 valence electrons. The third-order valence-corrected chi connectivity index (χ3v) is 4.31. The molecule has 1 unspecified atom stereocenters. The molecule has 27 heavy (non-hydrogen) atoms. The molecular formula is C20H36IN3O3. The number of nitrogens with zero attached hydrogens (tertiary/aromatic N) is 1. The van der Waals surface area contributed by atoms with Crippen LogP contribution in [0.1, 0.15) is 32.8 Å². The molecule has 0 heterocycles. The molecule has 0 saturated heterocycles. The molecule has 0 spiro atoms. The van der Waals surface area contributed by atoms with Crippen LogP contribution in [0.4, 0.5) is 0 Å². The second kappa shape index (κ2) is 13.0. The fraction of sp³-hybridized carbons (Fsp3) is 0.650. The van der Waals surface area contributed by atoms with Crippen molar-refractivity contribution in [3.63, 3.8) is 0 Å². The van der Waals surface area contributed by atoms with Crippen molar-refractivity contribution in [3.05, 3.63) is 23.8 Å². The maximum absolute atomic E-state index is 5.57. The number of rotatable bonds is 9. The Morgan fingerprint density at radius 3 is 2.26 bits per heavy atom. The number of halogens is 1.